The summed E-state index contributed by atoms with van der Waals surface area (Å²) in [5.41, 5.74) is 3.43. The number of fused-ring (bicyclic) bond motifs is 1. The molecule has 4 rings (SSSR count). The first-order valence-electron chi connectivity index (χ1n) is 9.72. The molecule has 1 aliphatic rings. The van der Waals surface area contributed by atoms with Gasteiger partial charge in [0.1, 0.15) is 0 Å². The molecule has 0 N–H and O–H groups in total. The fourth-order valence-corrected chi connectivity index (χ4v) is 3.58. The molecule has 0 bridgehead atoms. The quantitative estimate of drug-likeness (QED) is 0.654. The van der Waals surface area contributed by atoms with Gasteiger partial charge in [-0.25, -0.2) is 9.97 Å². The van der Waals surface area contributed by atoms with Gasteiger partial charge < -0.3 is 9.47 Å². The molecule has 0 fully saturated rings. The van der Waals surface area contributed by atoms with Crippen molar-refractivity contribution in [2.75, 3.05) is 19.1 Å². The molecular formula is C22H25N5O3. The van der Waals surface area contributed by atoms with Gasteiger partial charge in [0.15, 0.2) is 5.75 Å². The smallest absolute Gasteiger partial charge is 0.260 e. The average molecular weight is 407 g/mol. The summed E-state index contributed by atoms with van der Waals surface area (Å²) in [7, 11) is 3.11. The van der Waals surface area contributed by atoms with Crippen LogP contribution in [-0.2, 0) is 5.54 Å². The Labute approximate surface area is 175 Å². The minimum atomic E-state index is -0.210. The number of ether oxygens (including phenoxy) is 2. The molecule has 0 saturated carbocycles. The van der Waals surface area contributed by atoms with Gasteiger partial charge in [-0.2, -0.15) is 5.10 Å². The Morgan fingerprint density at radius 2 is 1.87 bits per heavy atom. The van der Waals surface area contributed by atoms with Crippen LogP contribution >= 0.6 is 0 Å². The first kappa shape index (κ1) is 19.9. The molecule has 0 aliphatic carbocycles. The highest BCUT2D eigenvalue weighted by molar-refractivity contribution is 6.10. The standard InChI is InChI=1S/C22H25N5O3/c1-13-19-16(21(28)27(13)15-11-24-26(12-15)22(2,3)4)7-8-17(25-19)14-9-18(29-5)20(30-6)23-10-14/h7-13H,1-6H3. The van der Waals surface area contributed by atoms with Crippen LogP contribution in [0.4, 0.5) is 5.69 Å². The molecule has 3 aromatic heterocycles. The van der Waals surface area contributed by atoms with E-state index in [2.05, 4.69) is 30.9 Å². The predicted octanol–water partition coefficient (Wildman–Crippen LogP) is 3.83. The number of carbonyl (C=O) groups excluding carboxylic acids is 1. The highest BCUT2D eigenvalue weighted by Gasteiger charge is 2.37. The van der Waals surface area contributed by atoms with Crippen LogP contribution in [0.3, 0.4) is 0 Å². The molecule has 30 heavy (non-hydrogen) atoms. The largest absolute Gasteiger partial charge is 0.491 e. The van der Waals surface area contributed by atoms with Crippen molar-refractivity contribution in [2.45, 2.75) is 39.3 Å². The van der Waals surface area contributed by atoms with Crippen molar-refractivity contribution in [3.05, 3.63) is 48.0 Å². The van der Waals surface area contributed by atoms with Gasteiger partial charge in [0.2, 0.25) is 0 Å². The van der Waals surface area contributed by atoms with Crippen LogP contribution in [0.5, 0.6) is 11.6 Å². The molecule has 0 saturated heterocycles. The van der Waals surface area contributed by atoms with E-state index in [-0.39, 0.29) is 17.5 Å². The summed E-state index contributed by atoms with van der Waals surface area (Å²) >= 11 is 0. The molecule has 1 unspecified atom stereocenters. The number of amides is 1. The second kappa shape index (κ2) is 7.12. The van der Waals surface area contributed by atoms with Crippen LogP contribution < -0.4 is 14.4 Å². The monoisotopic (exact) mass is 407 g/mol. The van der Waals surface area contributed by atoms with Gasteiger partial charge in [-0.05, 0) is 45.9 Å². The number of hydrogen-bond donors (Lipinski definition) is 0. The molecule has 1 amide bonds. The Morgan fingerprint density at radius 3 is 2.50 bits per heavy atom. The Hall–Kier alpha value is -3.42. The van der Waals surface area contributed by atoms with Crippen molar-refractivity contribution in [1.82, 2.24) is 19.7 Å². The number of aromatic nitrogens is 4. The Morgan fingerprint density at radius 1 is 1.10 bits per heavy atom. The van der Waals surface area contributed by atoms with Gasteiger partial charge in [-0.1, -0.05) is 0 Å². The molecule has 8 nitrogen and oxygen atoms in total. The number of methoxy groups -OCH3 is 2. The number of nitrogens with zero attached hydrogens (tertiary/aromatic N) is 5. The molecule has 0 spiro atoms. The highest BCUT2D eigenvalue weighted by Crippen LogP contribution is 2.38. The van der Waals surface area contributed by atoms with Crippen molar-refractivity contribution in [2.24, 2.45) is 0 Å². The van der Waals surface area contributed by atoms with Crippen molar-refractivity contribution >= 4 is 11.6 Å². The molecular weight excluding hydrogens is 382 g/mol. The van der Waals surface area contributed by atoms with E-state index in [0.717, 1.165) is 16.9 Å². The number of carbonyl (C=O) groups is 1. The molecule has 1 atom stereocenters. The summed E-state index contributed by atoms with van der Waals surface area (Å²) in [6.07, 6.45) is 5.31. The maximum Gasteiger partial charge on any atom is 0.260 e. The van der Waals surface area contributed by atoms with Crippen LogP contribution in [-0.4, -0.2) is 39.9 Å². The number of pyridine rings is 2. The Kier molecular flexibility index (Phi) is 4.72. The summed E-state index contributed by atoms with van der Waals surface area (Å²) in [6, 6.07) is 5.27. The maximum absolute atomic E-state index is 13.1. The fraction of sp³-hybridized carbons (Fsp3) is 0.364. The van der Waals surface area contributed by atoms with Gasteiger partial charge in [0, 0.05) is 18.0 Å². The lowest BCUT2D eigenvalue weighted by molar-refractivity contribution is 0.0992. The van der Waals surface area contributed by atoms with Gasteiger partial charge >= 0.3 is 0 Å². The van der Waals surface area contributed by atoms with Gasteiger partial charge in [0.25, 0.3) is 11.8 Å². The highest BCUT2D eigenvalue weighted by atomic mass is 16.5. The zero-order valence-corrected chi connectivity index (χ0v) is 18.0. The fourth-order valence-electron chi connectivity index (χ4n) is 3.58. The van der Waals surface area contributed by atoms with Crippen LogP contribution in [0.25, 0.3) is 11.3 Å². The van der Waals surface area contributed by atoms with Crippen molar-refractivity contribution in [1.29, 1.82) is 0 Å². The molecule has 8 heteroatoms. The number of hydrogen-bond acceptors (Lipinski definition) is 6. The van der Waals surface area contributed by atoms with Crippen molar-refractivity contribution in [3.8, 4) is 22.9 Å². The molecule has 4 heterocycles. The third kappa shape index (κ3) is 3.18. The summed E-state index contributed by atoms with van der Waals surface area (Å²) in [4.78, 5) is 23.9. The van der Waals surface area contributed by atoms with Gasteiger partial charge in [-0.3, -0.25) is 14.4 Å². The molecule has 1 aliphatic heterocycles. The van der Waals surface area contributed by atoms with E-state index in [1.54, 1.807) is 31.5 Å². The van der Waals surface area contributed by atoms with Crippen LogP contribution in [0.1, 0.15) is 49.8 Å². The van der Waals surface area contributed by atoms with E-state index < -0.39 is 0 Å². The van der Waals surface area contributed by atoms with E-state index in [1.165, 1.54) is 0 Å². The lowest BCUT2D eigenvalue weighted by atomic mass is 10.1. The topological polar surface area (TPSA) is 82.4 Å². The molecule has 0 radical (unpaired) electrons. The van der Waals surface area contributed by atoms with E-state index in [0.29, 0.717) is 22.9 Å². The van der Waals surface area contributed by atoms with E-state index in [1.807, 2.05) is 36.0 Å². The van der Waals surface area contributed by atoms with E-state index in [4.69, 9.17) is 14.5 Å². The normalized spacial score (nSPS) is 16.0. The Balaban J connectivity index is 1.70. The van der Waals surface area contributed by atoms with Gasteiger partial charge in [-0.15, -0.1) is 0 Å². The van der Waals surface area contributed by atoms with Crippen LogP contribution in [0.15, 0.2) is 36.8 Å². The molecule has 0 aromatic carbocycles. The minimum Gasteiger partial charge on any atom is -0.491 e. The maximum atomic E-state index is 13.1. The van der Waals surface area contributed by atoms with Crippen LogP contribution in [0.2, 0.25) is 0 Å². The first-order valence-corrected chi connectivity index (χ1v) is 9.72. The second-order valence-electron chi connectivity index (χ2n) is 8.23. The summed E-state index contributed by atoms with van der Waals surface area (Å²) < 4.78 is 12.4. The zero-order valence-electron chi connectivity index (χ0n) is 18.0. The molecule has 156 valence electrons. The first-order chi connectivity index (χ1) is 14.2. The number of anilines is 1. The van der Waals surface area contributed by atoms with E-state index in [9.17, 15) is 4.79 Å². The summed E-state index contributed by atoms with van der Waals surface area (Å²) in [5, 5.41) is 4.43. The second-order valence-corrected chi connectivity index (χ2v) is 8.23. The van der Waals surface area contributed by atoms with E-state index >= 15 is 0 Å². The predicted molar refractivity (Wildman–Crippen MR) is 113 cm³/mol. The Bertz CT molecular complexity index is 1120. The minimum absolute atomic E-state index is 0.0737. The van der Waals surface area contributed by atoms with Gasteiger partial charge in [0.05, 0.1) is 54.6 Å². The average Bonchev–Trinajstić information content (AvgIpc) is 3.31. The van der Waals surface area contributed by atoms with Crippen molar-refractivity contribution in [3.63, 3.8) is 0 Å². The summed E-state index contributed by atoms with van der Waals surface area (Å²) in [5.74, 6) is 0.862. The van der Waals surface area contributed by atoms with Crippen molar-refractivity contribution < 1.29 is 14.3 Å². The third-order valence-corrected chi connectivity index (χ3v) is 5.22. The lowest BCUT2D eigenvalue weighted by Crippen LogP contribution is -2.26. The SMILES string of the molecule is COc1cc(-c2ccc3c(n2)C(C)N(c2cnn(C(C)(C)C)c2)C3=O)cnc1OC. The van der Waals surface area contributed by atoms with Crippen LogP contribution in [0, 0.1) is 0 Å². The third-order valence-electron chi connectivity index (χ3n) is 5.22. The zero-order chi connectivity index (χ0) is 21.6. The summed E-state index contributed by atoms with van der Waals surface area (Å²) in [6.45, 7) is 8.18. The molecule has 3 aromatic rings. The number of rotatable bonds is 4. The lowest BCUT2D eigenvalue weighted by Gasteiger charge is -2.21.